The second kappa shape index (κ2) is 5.48. The van der Waals surface area contributed by atoms with Crippen molar-refractivity contribution in [2.24, 2.45) is 0 Å². The third-order valence-corrected chi connectivity index (χ3v) is 3.65. The number of carbonyl (C=O) groups excluding carboxylic acids is 2. The Kier molecular flexibility index (Phi) is 3.51. The van der Waals surface area contributed by atoms with Gasteiger partial charge < -0.3 is 4.74 Å². The predicted octanol–water partition coefficient (Wildman–Crippen LogP) is 3.76. The van der Waals surface area contributed by atoms with Crippen LogP contribution >= 0.6 is 0 Å². The first-order valence-corrected chi connectivity index (χ1v) is 6.91. The highest BCUT2D eigenvalue weighted by Crippen LogP contribution is 2.31. The Morgan fingerprint density at radius 3 is 2.41 bits per heavy atom. The maximum absolute atomic E-state index is 11.9. The zero-order valence-corrected chi connectivity index (χ0v) is 12.4. The maximum atomic E-state index is 11.9. The number of fused-ring (bicyclic) bond motifs is 1. The number of nitrogens with zero attached hydrogens (tertiary/aromatic N) is 1. The zero-order valence-electron chi connectivity index (χ0n) is 12.4. The summed E-state index contributed by atoms with van der Waals surface area (Å²) in [5.74, 6) is -0.520. The third kappa shape index (κ3) is 2.29. The predicted molar refractivity (Wildman–Crippen MR) is 85.0 cm³/mol. The number of carbonyl (C=O) groups is 2. The van der Waals surface area contributed by atoms with E-state index in [1.165, 1.54) is 14.0 Å². The molecule has 0 unspecified atom stereocenters. The molecule has 4 nitrogen and oxygen atoms in total. The summed E-state index contributed by atoms with van der Waals surface area (Å²) in [6.07, 6.45) is 1.81. The molecular formula is C18H15NO3. The lowest BCUT2D eigenvalue weighted by Gasteiger charge is -2.02. The minimum Gasteiger partial charge on any atom is -0.465 e. The summed E-state index contributed by atoms with van der Waals surface area (Å²) in [4.78, 5) is 23.6. The standard InChI is InChI=1S/C18H15NO3/c1-12(20)19-11-16(13-6-4-3-5-7-13)15-9-8-14(10-17(15)19)18(21)22-2/h3-11H,1-2H3. The van der Waals surface area contributed by atoms with Crippen LogP contribution in [0.3, 0.4) is 0 Å². The van der Waals surface area contributed by atoms with Crippen molar-refractivity contribution in [3.05, 3.63) is 60.3 Å². The summed E-state index contributed by atoms with van der Waals surface area (Å²) >= 11 is 0. The third-order valence-electron chi connectivity index (χ3n) is 3.65. The average Bonchev–Trinajstić information content (AvgIpc) is 2.94. The maximum Gasteiger partial charge on any atom is 0.337 e. The van der Waals surface area contributed by atoms with Gasteiger partial charge in [-0.15, -0.1) is 0 Å². The zero-order chi connectivity index (χ0) is 15.7. The van der Waals surface area contributed by atoms with Gasteiger partial charge in [0, 0.05) is 24.1 Å². The van der Waals surface area contributed by atoms with Gasteiger partial charge in [-0.2, -0.15) is 0 Å². The molecule has 0 atom stereocenters. The molecule has 0 aliphatic rings. The van der Waals surface area contributed by atoms with Gasteiger partial charge in [-0.3, -0.25) is 9.36 Å². The molecule has 0 aliphatic heterocycles. The summed E-state index contributed by atoms with van der Waals surface area (Å²) in [6, 6.07) is 15.1. The van der Waals surface area contributed by atoms with E-state index in [9.17, 15) is 9.59 Å². The van der Waals surface area contributed by atoms with E-state index >= 15 is 0 Å². The largest absolute Gasteiger partial charge is 0.465 e. The molecule has 0 saturated carbocycles. The Balaban J connectivity index is 2.28. The first-order chi connectivity index (χ1) is 10.6. The molecule has 4 heteroatoms. The summed E-state index contributed by atoms with van der Waals surface area (Å²) in [7, 11) is 1.34. The van der Waals surface area contributed by atoms with Gasteiger partial charge in [0.25, 0.3) is 0 Å². The Hall–Kier alpha value is -2.88. The fraction of sp³-hybridized carbons (Fsp3) is 0.111. The van der Waals surface area contributed by atoms with Crippen molar-refractivity contribution < 1.29 is 14.3 Å². The molecule has 0 bridgehead atoms. The van der Waals surface area contributed by atoms with E-state index in [1.54, 1.807) is 16.7 Å². The number of aromatic nitrogens is 1. The van der Waals surface area contributed by atoms with Crippen LogP contribution in [0.25, 0.3) is 22.0 Å². The number of benzene rings is 2. The topological polar surface area (TPSA) is 48.3 Å². The highest BCUT2D eigenvalue weighted by atomic mass is 16.5. The highest BCUT2D eigenvalue weighted by Gasteiger charge is 2.15. The van der Waals surface area contributed by atoms with E-state index in [-0.39, 0.29) is 5.91 Å². The Morgan fingerprint density at radius 2 is 1.77 bits per heavy atom. The van der Waals surface area contributed by atoms with Crippen molar-refractivity contribution in [2.45, 2.75) is 6.92 Å². The smallest absolute Gasteiger partial charge is 0.337 e. The minimum absolute atomic E-state index is 0.103. The second-order valence-corrected chi connectivity index (χ2v) is 5.02. The molecule has 22 heavy (non-hydrogen) atoms. The number of methoxy groups -OCH3 is 1. The molecule has 3 aromatic rings. The summed E-state index contributed by atoms with van der Waals surface area (Å²) in [6.45, 7) is 1.50. The Morgan fingerprint density at radius 1 is 1.05 bits per heavy atom. The van der Waals surface area contributed by atoms with E-state index in [2.05, 4.69) is 0 Å². The number of esters is 1. The van der Waals surface area contributed by atoms with E-state index in [0.717, 1.165) is 16.5 Å². The van der Waals surface area contributed by atoms with Crippen molar-refractivity contribution in [3.63, 3.8) is 0 Å². The van der Waals surface area contributed by atoms with E-state index in [4.69, 9.17) is 4.74 Å². The lowest BCUT2D eigenvalue weighted by molar-refractivity contribution is 0.0600. The van der Waals surface area contributed by atoms with Crippen molar-refractivity contribution >= 4 is 22.8 Å². The summed E-state index contributed by atoms with van der Waals surface area (Å²) in [5.41, 5.74) is 3.12. The summed E-state index contributed by atoms with van der Waals surface area (Å²) < 4.78 is 6.30. The molecule has 0 N–H and O–H groups in total. The van der Waals surface area contributed by atoms with Crippen LogP contribution in [0.1, 0.15) is 22.1 Å². The first kappa shape index (κ1) is 14.1. The van der Waals surface area contributed by atoms with Crippen LogP contribution in [0, 0.1) is 0 Å². The van der Waals surface area contributed by atoms with E-state index in [0.29, 0.717) is 11.1 Å². The van der Waals surface area contributed by atoms with Crippen LogP contribution in [0.2, 0.25) is 0 Å². The molecule has 1 heterocycles. The first-order valence-electron chi connectivity index (χ1n) is 6.91. The molecule has 0 radical (unpaired) electrons. The van der Waals surface area contributed by atoms with Crippen molar-refractivity contribution in [3.8, 4) is 11.1 Å². The van der Waals surface area contributed by atoms with Crippen LogP contribution in [0.4, 0.5) is 0 Å². The molecule has 0 aliphatic carbocycles. The van der Waals surface area contributed by atoms with Crippen molar-refractivity contribution in [1.29, 1.82) is 0 Å². The number of hydrogen-bond acceptors (Lipinski definition) is 3. The fourth-order valence-corrected chi connectivity index (χ4v) is 2.58. The van der Waals surface area contributed by atoms with Gasteiger partial charge in [-0.05, 0) is 17.7 Å². The highest BCUT2D eigenvalue weighted by molar-refractivity contribution is 6.04. The van der Waals surface area contributed by atoms with Crippen LogP contribution < -0.4 is 0 Å². The second-order valence-electron chi connectivity index (χ2n) is 5.02. The Bertz CT molecular complexity index is 863. The van der Waals surface area contributed by atoms with Crippen molar-refractivity contribution in [2.75, 3.05) is 7.11 Å². The van der Waals surface area contributed by atoms with Crippen LogP contribution in [-0.2, 0) is 4.74 Å². The average molecular weight is 293 g/mol. The van der Waals surface area contributed by atoms with Gasteiger partial charge in [-0.25, -0.2) is 4.79 Å². The van der Waals surface area contributed by atoms with Gasteiger partial charge in [0.2, 0.25) is 5.91 Å². The van der Waals surface area contributed by atoms with E-state index < -0.39 is 5.97 Å². The molecule has 0 saturated heterocycles. The monoisotopic (exact) mass is 293 g/mol. The number of rotatable bonds is 2. The molecule has 0 fully saturated rings. The van der Waals surface area contributed by atoms with Gasteiger partial charge in [0.05, 0.1) is 18.2 Å². The SMILES string of the molecule is COC(=O)c1ccc2c(-c3ccccc3)cn(C(C)=O)c2c1. The van der Waals surface area contributed by atoms with Crippen LogP contribution in [0.5, 0.6) is 0 Å². The molecule has 2 aromatic carbocycles. The lowest BCUT2D eigenvalue weighted by atomic mass is 10.0. The molecule has 0 amide bonds. The fourth-order valence-electron chi connectivity index (χ4n) is 2.58. The van der Waals surface area contributed by atoms with Crippen LogP contribution in [-0.4, -0.2) is 23.6 Å². The molecule has 1 aromatic heterocycles. The molecule has 3 rings (SSSR count). The number of ether oxygens (including phenoxy) is 1. The van der Waals surface area contributed by atoms with E-state index in [1.807, 2.05) is 42.6 Å². The summed E-state index contributed by atoms with van der Waals surface area (Å²) in [5, 5.41) is 0.925. The lowest BCUT2D eigenvalue weighted by Crippen LogP contribution is -2.05. The molecular weight excluding hydrogens is 278 g/mol. The van der Waals surface area contributed by atoms with Gasteiger partial charge in [0.1, 0.15) is 0 Å². The molecule has 110 valence electrons. The normalized spacial score (nSPS) is 10.6. The van der Waals surface area contributed by atoms with Crippen LogP contribution in [0.15, 0.2) is 54.7 Å². The Labute approximate surface area is 127 Å². The van der Waals surface area contributed by atoms with Gasteiger partial charge in [-0.1, -0.05) is 36.4 Å². The van der Waals surface area contributed by atoms with Gasteiger partial charge in [0.15, 0.2) is 0 Å². The molecule has 0 spiro atoms. The van der Waals surface area contributed by atoms with Gasteiger partial charge >= 0.3 is 5.97 Å². The minimum atomic E-state index is -0.417. The number of hydrogen-bond donors (Lipinski definition) is 0. The van der Waals surface area contributed by atoms with Crippen molar-refractivity contribution in [1.82, 2.24) is 4.57 Å². The quantitative estimate of drug-likeness (QED) is 0.676.